The van der Waals surface area contributed by atoms with Gasteiger partial charge in [-0.3, -0.25) is 4.79 Å². The van der Waals surface area contributed by atoms with E-state index in [4.69, 9.17) is 4.74 Å². The molecule has 152 valence electrons. The van der Waals surface area contributed by atoms with Gasteiger partial charge < -0.3 is 10.1 Å². The molecule has 4 rings (SSSR count). The maximum atomic E-state index is 13.0. The molecule has 0 saturated heterocycles. The zero-order valence-corrected chi connectivity index (χ0v) is 16.6. The molecule has 0 radical (unpaired) electrons. The molecule has 30 heavy (non-hydrogen) atoms. The van der Waals surface area contributed by atoms with Crippen LogP contribution in [-0.2, 0) is 0 Å². The first-order valence-corrected chi connectivity index (χ1v) is 9.85. The monoisotopic (exact) mass is 403 g/mol. The van der Waals surface area contributed by atoms with Crippen LogP contribution in [-0.4, -0.2) is 16.7 Å². The minimum Gasteiger partial charge on any atom is -0.457 e. The second-order valence-electron chi connectivity index (χ2n) is 7.19. The highest BCUT2D eigenvalue weighted by molar-refractivity contribution is 5.90. The quantitative estimate of drug-likeness (QED) is 0.430. The van der Waals surface area contributed by atoms with Gasteiger partial charge in [0.05, 0.1) is 5.39 Å². The maximum absolute atomic E-state index is 13.0. The van der Waals surface area contributed by atoms with Crippen molar-refractivity contribution in [1.29, 1.82) is 0 Å². The summed E-state index contributed by atoms with van der Waals surface area (Å²) in [5, 5.41) is 11.5. The summed E-state index contributed by atoms with van der Waals surface area (Å²) in [6, 6.07) is 21.3. The molecule has 3 aromatic carbocycles. The van der Waals surface area contributed by atoms with Crippen LogP contribution in [0.2, 0.25) is 0 Å². The number of halogens is 1. The van der Waals surface area contributed by atoms with Crippen LogP contribution < -0.4 is 15.6 Å². The molecule has 1 aromatic heterocycles. The van der Waals surface area contributed by atoms with Crippen LogP contribution in [0, 0.1) is 5.82 Å². The summed E-state index contributed by atoms with van der Waals surface area (Å²) in [6.07, 6.45) is 0.896. The zero-order chi connectivity index (χ0) is 20.9. The second kappa shape index (κ2) is 8.78. The van der Waals surface area contributed by atoms with Crippen molar-refractivity contribution < 1.29 is 9.13 Å². The van der Waals surface area contributed by atoms with E-state index >= 15 is 0 Å². The Morgan fingerprint density at radius 2 is 1.60 bits per heavy atom. The maximum Gasteiger partial charge on any atom is 0.272 e. The number of benzene rings is 3. The van der Waals surface area contributed by atoms with Gasteiger partial charge in [0.25, 0.3) is 5.56 Å². The number of ether oxygens (including phenoxy) is 1. The summed E-state index contributed by atoms with van der Waals surface area (Å²) < 4.78 is 18.7. The van der Waals surface area contributed by atoms with Gasteiger partial charge in [-0.15, -0.1) is 0 Å². The molecule has 0 saturated carbocycles. The summed E-state index contributed by atoms with van der Waals surface area (Å²) in [5.74, 6) is 2.03. The number of nitrogens with zero attached hydrogens (tertiary/aromatic N) is 1. The summed E-state index contributed by atoms with van der Waals surface area (Å²) in [7, 11) is 0. The third-order valence-electron chi connectivity index (χ3n) is 5.06. The third kappa shape index (κ3) is 4.49. The van der Waals surface area contributed by atoms with Gasteiger partial charge in [-0.05, 0) is 60.4 Å². The molecule has 4 aromatic rings. The number of nitrogens with one attached hydrogen (secondary N) is 2. The Morgan fingerprint density at radius 1 is 0.967 bits per heavy atom. The fraction of sp³-hybridized carbons (Fsp3) is 0.167. The Labute approximate surface area is 173 Å². The van der Waals surface area contributed by atoms with Crippen LogP contribution in [0.15, 0.2) is 77.6 Å². The summed E-state index contributed by atoms with van der Waals surface area (Å²) in [4.78, 5) is 11.9. The molecule has 1 unspecified atom stereocenters. The fourth-order valence-electron chi connectivity index (χ4n) is 3.33. The zero-order valence-electron chi connectivity index (χ0n) is 16.6. The Hall–Kier alpha value is -3.67. The number of hydrogen-bond donors (Lipinski definition) is 2. The van der Waals surface area contributed by atoms with Crippen LogP contribution in [0.4, 0.5) is 10.2 Å². The molecule has 1 atom stereocenters. The molecular weight excluding hydrogens is 381 g/mol. The van der Waals surface area contributed by atoms with E-state index in [1.54, 1.807) is 18.2 Å². The lowest BCUT2D eigenvalue weighted by molar-refractivity contribution is 0.480. The van der Waals surface area contributed by atoms with E-state index in [2.05, 4.69) is 22.4 Å². The average Bonchev–Trinajstić information content (AvgIpc) is 2.77. The van der Waals surface area contributed by atoms with Crippen LogP contribution in [0.25, 0.3) is 10.8 Å². The molecule has 0 fully saturated rings. The Kier molecular flexibility index (Phi) is 5.75. The Morgan fingerprint density at radius 3 is 2.30 bits per heavy atom. The summed E-state index contributed by atoms with van der Waals surface area (Å²) in [6.45, 7) is 2.88. The standard InChI is InChI=1S/C24H22FN3O2/c1-16(14-15-26-23-21-4-2-3-5-22(21)24(29)28-27-23)17-6-10-19(11-7-17)30-20-12-8-18(25)9-13-20/h2-13,16H,14-15H2,1H3,(H,26,27)(H,28,29). The largest absolute Gasteiger partial charge is 0.457 e. The SMILES string of the molecule is CC(CCNc1n[nH]c(=O)c2ccccc12)c1ccc(Oc2ccc(F)cc2)cc1. The van der Waals surface area contributed by atoms with E-state index in [-0.39, 0.29) is 11.4 Å². The van der Waals surface area contributed by atoms with E-state index < -0.39 is 0 Å². The number of aromatic amines is 1. The highest BCUT2D eigenvalue weighted by atomic mass is 19.1. The number of aromatic nitrogens is 2. The number of rotatable bonds is 7. The van der Waals surface area contributed by atoms with Gasteiger partial charge in [-0.25, -0.2) is 9.49 Å². The summed E-state index contributed by atoms with van der Waals surface area (Å²) >= 11 is 0. The van der Waals surface area contributed by atoms with E-state index in [0.717, 1.165) is 18.4 Å². The van der Waals surface area contributed by atoms with Crippen molar-refractivity contribution in [2.24, 2.45) is 0 Å². The molecular formula is C24H22FN3O2. The topological polar surface area (TPSA) is 67.0 Å². The number of hydrogen-bond acceptors (Lipinski definition) is 4. The van der Waals surface area contributed by atoms with Crippen LogP contribution in [0.3, 0.4) is 0 Å². The molecule has 0 amide bonds. The molecule has 0 spiro atoms. The Balaban J connectivity index is 1.35. The molecule has 1 heterocycles. The number of fused-ring (bicyclic) bond motifs is 1. The molecule has 0 aliphatic rings. The molecule has 0 aliphatic carbocycles. The molecule has 5 nitrogen and oxygen atoms in total. The van der Waals surface area contributed by atoms with Crippen LogP contribution >= 0.6 is 0 Å². The fourth-order valence-corrected chi connectivity index (χ4v) is 3.33. The van der Waals surface area contributed by atoms with Gasteiger partial charge in [0.15, 0.2) is 5.82 Å². The summed E-state index contributed by atoms with van der Waals surface area (Å²) in [5.41, 5.74) is 1.01. The van der Waals surface area contributed by atoms with Crippen molar-refractivity contribution in [1.82, 2.24) is 10.2 Å². The number of H-pyrrole nitrogens is 1. The minimum atomic E-state index is -0.287. The van der Waals surface area contributed by atoms with Gasteiger partial charge in [-0.2, -0.15) is 5.10 Å². The van der Waals surface area contributed by atoms with Crippen molar-refractivity contribution >= 4 is 16.6 Å². The highest BCUT2D eigenvalue weighted by Gasteiger charge is 2.09. The van der Waals surface area contributed by atoms with E-state index in [1.807, 2.05) is 42.5 Å². The predicted octanol–water partition coefficient (Wildman–Crippen LogP) is 5.46. The lowest BCUT2D eigenvalue weighted by atomic mass is 9.98. The first-order valence-electron chi connectivity index (χ1n) is 9.85. The first-order chi connectivity index (χ1) is 14.6. The smallest absolute Gasteiger partial charge is 0.272 e. The van der Waals surface area contributed by atoms with E-state index in [1.165, 1.54) is 17.7 Å². The van der Waals surface area contributed by atoms with Crippen molar-refractivity contribution in [3.63, 3.8) is 0 Å². The van der Waals surface area contributed by atoms with Crippen molar-refractivity contribution in [3.8, 4) is 11.5 Å². The average molecular weight is 403 g/mol. The van der Waals surface area contributed by atoms with Gasteiger partial charge in [0.1, 0.15) is 17.3 Å². The number of anilines is 1. The second-order valence-corrected chi connectivity index (χ2v) is 7.19. The van der Waals surface area contributed by atoms with Gasteiger partial charge in [0.2, 0.25) is 0 Å². The highest BCUT2D eigenvalue weighted by Crippen LogP contribution is 2.26. The molecule has 0 bridgehead atoms. The van der Waals surface area contributed by atoms with Gasteiger partial charge in [0, 0.05) is 11.9 Å². The third-order valence-corrected chi connectivity index (χ3v) is 5.06. The Bertz CT molecular complexity index is 1190. The molecule has 6 heteroatoms. The normalized spacial score (nSPS) is 11.9. The van der Waals surface area contributed by atoms with Crippen molar-refractivity contribution in [3.05, 3.63) is 94.5 Å². The lowest BCUT2D eigenvalue weighted by Crippen LogP contribution is -2.13. The van der Waals surface area contributed by atoms with Crippen LogP contribution in [0.5, 0.6) is 11.5 Å². The van der Waals surface area contributed by atoms with E-state index in [0.29, 0.717) is 28.6 Å². The lowest BCUT2D eigenvalue weighted by Gasteiger charge is -2.14. The molecule has 0 aliphatic heterocycles. The molecule has 2 N–H and O–H groups in total. The predicted molar refractivity (Wildman–Crippen MR) is 117 cm³/mol. The van der Waals surface area contributed by atoms with Gasteiger partial charge in [-0.1, -0.05) is 37.3 Å². The van der Waals surface area contributed by atoms with Gasteiger partial charge >= 0.3 is 0 Å². The van der Waals surface area contributed by atoms with Crippen molar-refractivity contribution in [2.45, 2.75) is 19.3 Å². The van der Waals surface area contributed by atoms with Crippen molar-refractivity contribution in [2.75, 3.05) is 11.9 Å². The van der Waals surface area contributed by atoms with E-state index in [9.17, 15) is 9.18 Å². The minimum absolute atomic E-state index is 0.188. The van der Waals surface area contributed by atoms with Crippen LogP contribution in [0.1, 0.15) is 24.8 Å². The first kappa shape index (κ1) is 19.6.